The molecule has 1 aliphatic rings. The molecule has 3 nitrogen and oxygen atoms in total. The molecule has 0 heterocycles. The number of amides is 1. The molecule has 3 rings (SSSR count). The van der Waals surface area contributed by atoms with E-state index in [0.717, 1.165) is 28.9 Å². The maximum absolute atomic E-state index is 13.8. The van der Waals surface area contributed by atoms with E-state index in [9.17, 15) is 13.6 Å². The summed E-state index contributed by atoms with van der Waals surface area (Å²) in [5, 5.41) is 2.65. The lowest BCUT2D eigenvalue weighted by atomic mass is 10.2. The zero-order valence-corrected chi connectivity index (χ0v) is 13.6. The van der Waals surface area contributed by atoms with Crippen LogP contribution in [0.4, 0.5) is 14.5 Å². The molecule has 0 spiro atoms. The molecule has 0 saturated heterocycles. The van der Waals surface area contributed by atoms with Gasteiger partial charge in [0, 0.05) is 18.4 Å². The Morgan fingerprint density at radius 2 is 1.88 bits per heavy atom. The van der Waals surface area contributed by atoms with Crippen molar-refractivity contribution < 1.29 is 18.5 Å². The minimum atomic E-state index is -0.421. The number of hydrogen-bond acceptors (Lipinski definition) is 1. The first-order chi connectivity index (χ1) is 11.5. The Labute approximate surface area is 140 Å². The van der Waals surface area contributed by atoms with Gasteiger partial charge >= 0.3 is 0 Å². The largest absolute Gasteiger partial charge is 0.321 e. The fourth-order valence-electron chi connectivity index (χ4n) is 2.83. The molecule has 1 fully saturated rings. The molecular weight excluding hydrogens is 310 g/mol. The molecule has 2 N–H and O–H groups in total. The SMILES string of the molecule is Cc1ccc(NC(=O)C[NH+](Cc2ccc(F)cc2)C2CC2)c(F)c1. The van der Waals surface area contributed by atoms with Gasteiger partial charge in [-0.25, -0.2) is 8.78 Å². The van der Waals surface area contributed by atoms with Crippen LogP contribution in [-0.4, -0.2) is 18.5 Å². The van der Waals surface area contributed by atoms with Crippen molar-refractivity contribution >= 4 is 11.6 Å². The van der Waals surface area contributed by atoms with E-state index in [-0.39, 0.29) is 24.0 Å². The maximum atomic E-state index is 13.8. The summed E-state index contributed by atoms with van der Waals surface area (Å²) in [6.07, 6.45) is 2.17. The minimum absolute atomic E-state index is 0.207. The second kappa shape index (κ2) is 7.09. The zero-order chi connectivity index (χ0) is 17.1. The fraction of sp³-hybridized carbons (Fsp3) is 0.316. The molecule has 1 amide bonds. The van der Waals surface area contributed by atoms with E-state index >= 15 is 0 Å². The van der Waals surface area contributed by atoms with Gasteiger partial charge in [-0.1, -0.05) is 18.2 Å². The van der Waals surface area contributed by atoms with Crippen LogP contribution in [-0.2, 0) is 11.3 Å². The van der Waals surface area contributed by atoms with Gasteiger partial charge in [0.25, 0.3) is 5.91 Å². The number of halogens is 2. The number of carbonyl (C=O) groups excluding carboxylic acids is 1. The third-order valence-corrected chi connectivity index (χ3v) is 4.29. The average Bonchev–Trinajstić information content (AvgIpc) is 3.36. The summed E-state index contributed by atoms with van der Waals surface area (Å²) in [5.41, 5.74) is 2.02. The van der Waals surface area contributed by atoms with Crippen molar-refractivity contribution in [1.82, 2.24) is 0 Å². The lowest BCUT2D eigenvalue weighted by molar-refractivity contribution is -0.916. The molecular formula is C19H21F2N2O+. The van der Waals surface area contributed by atoms with Crippen LogP contribution in [0.5, 0.6) is 0 Å². The molecule has 0 aromatic heterocycles. The van der Waals surface area contributed by atoms with Crippen LogP contribution in [0.1, 0.15) is 24.0 Å². The Morgan fingerprint density at radius 1 is 1.17 bits per heavy atom. The lowest BCUT2D eigenvalue weighted by Crippen LogP contribution is -3.13. The van der Waals surface area contributed by atoms with E-state index < -0.39 is 5.82 Å². The number of aryl methyl sites for hydroxylation is 1. The third-order valence-electron chi connectivity index (χ3n) is 4.29. The molecule has 0 aliphatic heterocycles. The Bertz CT molecular complexity index is 727. The molecule has 5 heteroatoms. The molecule has 1 unspecified atom stereocenters. The molecule has 126 valence electrons. The van der Waals surface area contributed by atoms with Crippen molar-refractivity contribution in [2.75, 3.05) is 11.9 Å². The van der Waals surface area contributed by atoms with Crippen molar-refractivity contribution in [3.8, 4) is 0 Å². The summed E-state index contributed by atoms with van der Waals surface area (Å²) in [7, 11) is 0. The second-order valence-electron chi connectivity index (χ2n) is 6.44. The van der Waals surface area contributed by atoms with E-state index in [1.54, 1.807) is 31.2 Å². The van der Waals surface area contributed by atoms with E-state index in [2.05, 4.69) is 5.32 Å². The van der Waals surface area contributed by atoms with Gasteiger partial charge in [0.1, 0.15) is 18.2 Å². The van der Waals surface area contributed by atoms with Gasteiger partial charge in [-0.15, -0.1) is 0 Å². The number of anilines is 1. The van der Waals surface area contributed by atoms with E-state index in [1.165, 1.54) is 18.2 Å². The van der Waals surface area contributed by atoms with Crippen molar-refractivity contribution in [2.45, 2.75) is 32.4 Å². The molecule has 0 radical (unpaired) electrons. The van der Waals surface area contributed by atoms with E-state index in [4.69, 9.17) is 0 Å². The first kappa shape index (κ1) is 16.6. The quantitative estimate of drug-likeness (QED) is 0.838. The van der Waals surface area contributed by atoms with Crippen LogP contribution in [0.15, 0.2) is 42.5 Å². The Kier molecular flexibility index (Phi) is 4.90. The molecule has 2 aromatic rings. The van der Waals surface area contributed by atoms with Gasteiger partial charge in [-0.3, -0.25) is 4.79 Å². The molecule has 1 saturated carbocycles. The van der Waals surface area contributed by atoms with Crippen LogP contribution >= 0.6 is 0 Å². The highest BCUT2D eigenvalue weighted by molar-refractivity contribution is 5.91. The molecule has 1 atom stereocenters. The van der Waals surface area contributed by atoms with Crippen LogP contribution in [0.2, 0.25) is 0 Å². The van der Waals surface area contributed by atoms with E-state index in [1.807, 2.05) is 0 Å². The van der Waals surface area contributed by atoms with Crippen molar-refractivity contribution in [2.24, 2.45) is 0 Å². The van der Waals surface area contributed by atoms with Gasteiger partial charge in [-0.05, 0) is 36.8 Å². The molecule has 24 heavy (non-hydrogen) atoms. The monoisotopic (exact) mass is 331 g/mol. The van der Waals surface area contributed by atoms with Gasteiger partial charge in [0.2, 0.25) is 0 Å². The Hall–Kier alpha value is -2.27. The predicted molar refractivity (Wildman–Crippen MR) is 88.7 cm³/mol. The summed E-state index contributed by atoms with van der Waals surface area (Å²) in [5.74, 6) is -0.893. The molecule has 0 bridgehead atoms. The lowest BCUT2D eigenvalue weighted by Gasteiger charge is -2.19. The summed E-state index contributed by atoms with van der Waals surface area (Å²) < 4.78 is 26.9. The van der Waals surface area contributed by atoms with Crippen LogP contribution in [0.3, 0.4) is 0 Å². The number of carbonyl (C=O) groups is 1. The van der Waals surface area contributed by atoms with Gasteiger partial charge in [0.15, 0.2) is 6.54 Å². The predicted octanol–water partition coefficient (Wildman–Crippen LogP) is 2.46. The Balaban J connectivity index is 1.62. The van der Waals surface area contributed by atoms with E-state index in [0.29, 0.717) is 12.6 Å². The first-order valence-electron chi connectivity index (χ1n) is 8.16. The number of hydrogen-bond donors (Lipinski definition) is 2. The van der Waals surface area contributed by atoms with Crippen LogP contribution < -0.4 is 10.2 Å². The summed E-state index contributed by atoms with van der Waals surface area (Å²) >= 11 is 0. The van der Waals surface area contributed by atoms with Crippen molar-refractivity contribution in [3.63, 3.8) is 0 Å². The highest BCUT2D eigenvalue weighted by Gasteiger charge is 2.34. The zero-order valence-electron chi connectivity index (χ0n) is 13.6. The second-order valence-corrected chi connectivity index (χ2v) is 6.44. The molecule has 1 aliphatic carbocycles. The number of quaternary nitrogens is 1. The third kappa shape index (κ3) is 4.38. The highest BCUT2D eigenvalue weighted by atomic mass is 19.1. The number of nitrogens with one attached hydrogen (secondary N) is 2. The summed E-state index contributed by atoms with van der Waals surface area (Å²) in [4.78, 5) is 13.4. The normalized spacial score (nSPS) is 15.1. The number of rotatable bonds is 6. The average molecular weight is 331 g/mol. The summed E-state index contributed by atoms with van der Waals surface area (Å²) in [6.45, 7) is 2.74. The summed E-state index contributed by atoms with van der Waals surface area (Å²) in [6, 6.07) is 11.6. The van der Waals surface area contributed by atoms with Gasteiger partial charge in [0.05, 0.1) is 11.7 Å². The van der Waals surface area contributed by atoms with Gasteiger partial charge in [-0.2, -0.15) is 0 Å². The maximum Gasteiger partial charge on any atom is 0.279 e. The highest BCUT2D eigenvalue weighted by Crippen LogP contribution is 2.17. The van der Waals surface area contributed by atoms with Gasteiger partial charge < -0.3 is 10.2 Å². The topological polar surface area (TPSA) is 33.5 Å². The molecule has 2 aromatic carbocycles. The van der Waals surface area contributed by atoms with Crippen molar-refractivity contribution in [3.05, 3.63) is 65.2 Å². The van der Waals surface area contributed by atoms with Crippen LogP contribution in [0.25, 0.3) is 0 Å². The fourth-order valence-corrected chi connectivity index (χ4v) is 2.83. The standard InChI is InChI=1S/C19H20F2N2O/c1-13-2-9-18(17(21)10-13)22-19(24)12-23(16-7-8-16)11-14-3-5-15(20)6-4-14/h2-6,9-10,16H,7-8,11-12H2,1H3,(H,22,24)/p+1. The minimum Gasteiger partial charge on any atom is -0.321 e. The smallest absolute Gasteiger partial charge is 0.279 e. The van der Waals surface area contributed by atoms with Crippen molar-refractivity contribution in [1.29, 1.82) is 0 Å². The number of benzene rings is 2. The Morgan fingerprint density at radius 3 is 2.50 bits per heavy atom. The first-order valence-corrected chi connectivity index (χ1v) is 8.16. The van der Waals surface area contributed by atoms with Crippen LogP contribution in [0, 0.1) is 18.6 Å².